The first-order valence-corrected chi connectivity index (χ1v) is 7.36. The smallest absolute Gasteiger partial charge is 0.313 e. The van der Waals surface area contributed by atoms with E-state index in [1.54, 1.807) is 12.1 Å². The predicted molar refractivity (Wildman–Crippen MR) is 81.2 cm³/mol. The van der Waals surface area contributed by atoms with Crippen molar-refractivity contribution < 1.29 is 14.7 Å². The summed E-state index contributed by atoms with van der Waals surface area (Å²) >= 11 is 6.00. The molecule has 1 heterocycles. The average Bonchev–Trinajstić information content (AvgIpc) is 2.50. The van der Waals surface area contributed by atoms with Crippen molar-refractivity contribution in [3.8, 4) is 0 Å². The van der Waals surface area contributed by atoms with Crippen molar-refractivity contribution >= 4 is 29.1 Å². The number of likely N-dealkylation sites (tertiary alicyclic amines) is 1. The van der Waals surface area contributed by atoms with Gasteiger partial charge >= 0.3 is 11.8 Å². The van der Waals surface area contributed by atoms with Crippen LogP contribution in [0.4, 0.5) is 5.69 Å². The monoisotopic (exact) mass is 310 g/mol. The molecule has 0 radical (unpaired) electrons. The molecule has 1 aromatic rings. The van der Waals surface area contributed by atoms with E-state index in [1.807, 2.05) is 13.0 Å². The number of piperidine rings is 1. The largest absolute Gasteiger partial charge is 0.396 e. The van der Waals surface area contributed by atoms with Crippen LogP contribution in [0.2, 0.25) is 5.02 Å². The van der Waals surface area contributed by atoms with Gasteiger partial charge in [-0.1, -0.05) is 17.7 Å². The molecule has 1 aromatic carbocycles. The van der Waals surface area contributed by atoms with Gasteiger partial charge in [-0.3, -0.25) is 9.59 Å². The number of amides is 2. The summed E-state index contributed by atoms with van der Waals surface area (Å²) in [6.07, 6.45) is 1.68. The Balaban J connectivity index is 2.02. The van der Waals surface area contributed by atoms with Crippen LogP contribution < -0.4 is 5.32 Å². The molecule has 2 N–H and O–H groups in total. The second-order valence-electron chi connectivity index (χ2n) is 5.38. The Labute approximate surface area is 128 Å². The van der Waals surface area contributed by atoms with Gasteiger partial charge < -0.3 is 15.3 Å². The lowest BCUT2D eigenvalue weighted by Gasteiger charge is -2.31. The molecule has 2 amide bonds. The van der Waals surface area contributed by atoms with Gasteiger partial charge in [-0.05, 0) is 43.4 Å². The quantitative estimate of drug-likeness (QED) is 0.819. The van der Waals surface area contributed by atoms with Crippen LogP contribution in [-0.4, -0.2) is 41.5 Å². The van der Waals surface area contributed by atoms with Gasteiger partial charge in [0.1, 0.15) is 0 Å². The van der Waals surface area contributed by atoms with E-state index in [0.29, 0.717) is 23.8 Å². The number of aryl methyl sites for hydroxylation is 1. The minimum absolute atomic E-state index is 0.0368. The van der Waals surface area contributed by atoms with E-state index in [1.165, 1.54) is 4.90 Å². The third kappa shape index (κ3) is 3.95. The van der Waals surface area contributed by atoms with Crippen molar-refractivity contribution in [3.05, 3.63) is 28.8 Å². The minimum atomic E-state index is -0.693. The molecule has 2 rings (SSSR count). The van der Waals surface area contributed by atoms with E-state index < -0.39 is 11.8 Å². The molecule has 21 heavy (non-hydrogen) atoms. The Morgan fingerprint density at radius 1 is 1.48 bits per heavy atom. The molecule has 0 saturated carbocycles. The first-order chi connectivity index (χ1) is 10.0. The minimum Gasteiger partial charge on any atom is -0.396 e. The molecule has 114 valence electrons. The number of aliphatic hydroxyl groups excluding tert-OH is 1. The highest BCUT2D eigenvalue weighted by Crippen LogP contribution is 2.23. The standard InChI is InChI=1S/C15H19ClN2O3/c1-10-4-5-12(16)13(7-10)17-14(20)15(21)18-6-2-3-11(8-18)9-19/h4-5,7,11,19H,2-3,6,8-9H2,1H3,(H,17,20). The summed E-state index contributed by atoms with van der Waals surface area (Å²) in [4.78, 5) is 25.7. The Bertz CT molecular complexity index is 548. The molecule has 1 fully saturated rings. The summed E-state index contributed by atoms with van der Waals surface area (Å²) in [5.74, 6) is -1.22. The van der Waals surface area contributed by atoms with Crippen LogP contribution in [0.25, 0.3) is 0 Å². The zero-order valence-electron chi connectivity index (χ0n) is 11.9. The lowest BCUT2D eigenvalue weighted by atomic mass is 9.99. The number of carbonyl (C=O) groups is 2. The highest BCUT2D eigenvalue weighted by atomic mass is 35.5. The van der Waals surface area contributed by atoms with Crippen LogP contribution >= 0.6 is 11.6 Å². The SMILES string of the molecule is Cc1ccc(Cl)c(NC(=O)C(=O)N2CCCC(CO)C2)c1. The maximum absolute atomic E-state index is 12.1. The van der Waals surface area contributed by atoms with Gasteiger partial charge in [-0.15, -0.1) is 0 Å². The van der Waals surface area contributed by atoms with E-state index in [0.717, 1.165) is 18.4 Å². The summed E-state index contributed by atoms with van der Waals surface area (Å²) in [6.45, 7) is 2.88. The molecular formula is C15H19ClN2O3. The van der Waals surface area contributed by atoms with Crippen LogP contribution in [0.1, 0.15) is 18.4 Å². The summed E-state index contributed by atoms with van der Waals surface area (Å²) in [5.41, 5.74) is 1.38. The second-order valence-corrected chi connectivity index (χ2v) is 5.79. The van der Waals surface area contributed by atoms with Crippen molar-refractivity contribution in [2.75, 3.05) is 25.0 Å². The van der Waals surface area contributed by atoms with E-state index in [4.69, 9.17) is 11.6 Å². The Morgan fingerprint density at radius 3 is 2.95 bits per heavy atom. The van der Waals surface area contributed by atoms with Crippen molar-refractivity contribution in [1.29, 1.82) is 0 Å². The van der Waals surface area contributed by atoms with E-state index in [-0.39, 0.29) is 12.5 Å². The molecule has 1 aliphatic heterocycles. The molecule has 1 atom stereocenters. The van der Waals surface area contributed by atoms with Gasteiger partial charge in [-0.2, -0.15) is 0 Å². The van der Waals surface area contributed by atoms with Gasteiger partial charge in [0.15, 0.2) is 0 Å². The molecule has 5 nitrogen and oxygen atoms in total. The number of rotatable bonds is 2. The molecular weight excluding hydrogens is 292 g/mol. The molecule has 0 bridgehead atoms. The molecule has 1 aliphatic rings. The fourth-order valence-electron chi connectivity index (χ4n) is 2.45. The fraction of sp³-hybridized carbons (Fsp3) is 0.467. The number of nitrogens with zero attached hydrogens (tertiary/aromatic N) is 1. The number of anilines is 1. The third-order valence-electron chi connectivity index (χ3n) is 3.63. The van der Waals surface area contributed by atoms with Gasteiger partial charge in [-0.25, -0.2) is 0 Å². The van der Waals surface area contributed by atoms with Crippen LogP contribution in [-0.2, 0) is 9.59 Å². The molecule has 0 aliphatic carbocycles. The number of nitrogens with one attached hydrogen (secondary N) is 1. The van der Waals surface area contributed by atoms with Crippen molar-refractivity contribution in [2.24, 2.45) is 5.92 Å². The maximum atomic E-state index is 12.1. The number of benzene rings is 1. The first-order valence-electron chi connectivity index (χ1n) is 6.98. The first kappa shape index (κ1) is 15.8. The third-order valence-corrected chi connectivity index (χ3v) is 3.96. The molecule has 1 unspecified atom stereocenters. The van der Waals surface area contributed by atoms with Gasteiger partial charge in [0.25, 0.3) is 0 Å². The normalized spacial score (nSPS) is 18.4. The number of aliphatic hydroxyl groups is 1. The number of halogens is 1. The summed E-state index contributed by atoms with van der Waals surface area (Å²) < 4.78 is 0. The number of hydrogen-bond donors (Lipinski definition) is 2. The van der Waals surface area contributed by atoms with Crippen molar-refractivity contribution in [3.63, 3.8) is 0 Å². The number of carbonyl (C=O) groups excluding carboxylic acids is 2. The lowest BCUT2D eigenvalue weighted by molar-refractivity contribution is -0.144. The van der Waals surface area contributed by atoms with E-state index in [2.05, 4.69) is 5.32 Å². The van der Waals surface area contributed by atoms with Crippen LogP contribution in [0.3, 0.4) is 0 Å². The zero-order valence-corrected chi connectivity index (χ0v) is 12.7. The number of hydrogen-bond acceptors (Lipinski definition) is 3. The van der Waals surface area contributed by atoms with Crippen LogP contribution in [0, 0.1) is 12.8 Å². The Hall–Kier alpha value is -1.59. The van der Waals surface area contributed by atoms with Gasteiger partial charge in [0, 0.05) is 19.7 Å². The van der Waals surface area contributed by atoms with Gasteiger partial charge in [0.2, 0.25) is 0 Å². The molecule has 0 aromatic heterocycles. The maximum Gasteiger partial charge on any atom is 0.313 e. The van der Waals surface area contributed by atoms with Crippen LogP contribution in [0.15, 0.2) is 18.2 Å². The molecule has 1 saturated heterocycles. The lowest BCUT2D eigenvalue weighted by Crippen LogP contribution is -2.45. The Kier molecular flexibility index (Phi) is 5.20. The molecule has 0 spiro atoms. The summed E-state index contributed by atoms with van der Waals surface area (Å²) in [7, 11) is 0. The van der Waals surface area contributed by atoms with E-state index in [9.17, 15) is 14.7 Å². The summed E-state index contributed by atoms with van der Waals surface area (Å²) in [6, 6.07) is 5.23. The summed E-state index contributed by atoms with van der Waals surface area (Å²) in [5, 5.41) is 12.1. The Morgan fingerprint density at radius 2 is 2.24 bits per heavy atom. The van der Waals surface area contributed by atoms with E-state index >= 15 is 0 Å². The average molecular weight is 311 g/mol. The highest BCUT2D eigenvalue weighted by Gasteiger charge is 2.27. The molecule has 6 heteroatoms. The van der Waals surface area contributed by atoms with Gasteiger partial charge in [0.05, 0.1) is 10.7 Å². The fourth-order valence-corrected chi connectivity index (χ4v) is 2.62. The topological polar surface area (TPSA) is 69.6 Å². The second kappa shape index (κ2) is 6.91. The van der Waals surface area contributed by atoms with Crippen molar-refractivity contribution in [2.45, 2.75) is 19.8 Å². The highest BCUT2D eigenvalue weighted by molar-refractivity contribution is 6.41. The predicted octanol–water partition coefficient (Wildman–Crippen LogP) is 1.82. The van der Waals surface area contributed by atoms with Crippen LogP contribution in [0.5, 0.6) is 0 Å². The van der Waals surface area contributed by atoms with Crippen molar-refractivity contribution in [1.82, 2.24) is 4.90 Å². The zero-order chi connectivity index (χ0) is 15.4.